The van der Waals surface area contributed by atoms with Gasteiger partial charge >= 0.3 is 0 Å². The molecular weight excluding hydrogens is 174 g/mol. The van der Waals surface area contributed by atoms with Gasteiger partial charge in [-0.3, -0.25) is 0 Å². The minimum absolute atomic E-state index is 0.181. The summed E-state index contributed by atoms with van der Waals surface area (Å²) in [4.78, 5) is 4.72. The van der Waals surface area contributed by atoms with Crippen molar-refractivity contribution in [1.29, 1.82) is 0 Å². The van der Waals surface area contributed by atoms with Gasteiger partial charge in [0, 0.05) is 5.56 Å². The predicted octanol–water partition coefficient (Wildman–Crippen LogP) is 2.11. The van der Waals surface area contributed by atoms with Crippen molar-refractivity contribution < 1.29 is 4.84 Å². The standard InChI is InChI=1S/C12H12NO/c1-3-9-14-13-10-12-7-5-11(4-2)6-8-12/h1,5-8H,4,9H2,2H3. The van der Waals surface area contributed by atoms with Gasteiger partial charge in [0.25, 0.3) is 0 Å². The van der Waals surface area contributed by atoms with Crippen LogP contribution in [0.1, 0.15) is 18.1 Å². The summed E-state index contributed by atoms with van der Waals surface area (Å²) in [7, 11) is 0. The molecule has 0 aliphatic rings. The molecule has 71 valence electrons. The van der Waals surface area contributed by atoms with Gasteiger partial charge in [-0.1, -0.05) is 42.3 Å². The van der Waals surface area contributed by atoms with Crippen molar-refractivity contribution in [2.45, 2.75) is 13.3 Å². The molecule has 0 saturated carbocycles. The van der Waals surface area contributed by atoms with Crippen LogP contribution in [0.15, 0.2) is 29.4 Å². The molecule has 0 spiro atoms. The third kappa shape index (κ3) is 3.32. The van der Waals surface area contributed by atoms with Gasteiger partial charge < -0.3 is 4.84 Å². The summed E-state index contributed by atoms with van der Waals surface area (Å²) < 4.78 is 0. The van der Waals surface area contributed by atoms with E-state index in [1.165, 1.54) is 5.56 Å². The lowest BCUT2D eigenvalue weighted by Crippen LogP contribution is -1.86. The highest BCUT2D eigenvalue weighted by molar-refractivity contribution is 5.79. The monoisotopic (exact) mass is 186 g/mol. The van der Waals surface area contributed by atoms with E-state index in [4.69, 9.17) is 11.3 Å². The van der Waals surface area contributed by atoms with Gasteiger partial charge in [-0.05, 0) is 12.0 Å². The SMILES string of the molecule is C#CCON=[C]c1ccc(CC)cc1. The molecule has 0 fully saturated rings. The van der Waals surface area contributed by atoms with Crippen LogP contribution < -0.4 is 0 Å². The van der Waals surface area contributed by atoms with Gasteiger partial charge in [-0.25, -0.2) is 0 Å². The fourth-order valence-electron chi connectivity index (χ4n) is 0.970. The van der Waals surface area contributed by atoms with Crippen molar-refractivity contribution in [3.63, 3.8) is 0 Å². The van der Waals surface area contributed by atoms with Crippen LogP contribution in [0.5, 0.6) is 0 Å². The van der Waals surface area contributed by atoms with Crippen LogP contribution in [0.4, 0.5) is 0 Å². The van der Waals surface area contributed by atoms with Gasteiger partial charge in [0.1, 0.15) is 6.21 Å². The first-order valence-electron chi connectivity index (χ1n) is 4.47. The maximum absolute atomic E-state index is 4.98. The Kier molecular flexibility index (Phi) is 4.30. The molecule has 2 heteroatoms. The second-order valence-corrected chi connectivity index (χ2v) is 2.73. The Bertz CT molecular complexity index is 332. The summed E-state index contributed by atoms with van der Waals surface area (Å²) >= 11 is 0. The van der Waals surface area contributed by atoms with Crippen molar-refractivity contribution in [2.24, 2.45) is 5.16 Å². The Balaban J connectivity index is 2.52. The van der Waals surface area contributed by atoms with Crippen molar-refractivity contribution in [1.82, 2.24) is 0 Å². The zero-order valence-corrected chi connectivity index (χ0v) is 8.16. The van der Waals surface area contributed by atoms with Crippen LogP contribution in [0.3, 0.4) is 0 Å². The zero-order chi connectivity index (χ0) is 10.2. The Morgan fingerprint density at radius 2 is 2.07 bits per heavy atom. The average Bonchev–Trinajstić information content (AvgIpc) is 2.25. The van der Waals surface area contributed by atoms with E-state index in [9.17, 15) is 0 Å². The van der Waals surface area contributed by atoms with E-state index >= 15 is 0 Å². The molecule has 1 radical (unpaired) electrons. The highest BCUT2D eigenvalue weighted by atomic mass is 16.6. The Morgan fingerprint density at radius 1 is 1.36 bits per heavy atom. The van der Waals surface area contributed by atoms with Crippen LogP contribution in [-0.2, 0) is 11.3 Å². The van der Waals surface area contributed by atoms with E-state index in [1.54, 1.807) is 0 Å². The molecule has 0 unspecified atom stereocenters. The average molecular weight is 186 g/mol. The fraction of sp³-hybridized carbons (Fsp3) is 0.250. The number of terminal acetylenes is 1. The van der Waals surface area contributed by atoms with Gasteiger partial charge in [0.2, 0.25) is 0 Å². The lowest BCUT2D eigenvalue weighted by molar-refractivity contribution is 0.181. The molecule has 0 amide bonds. The van der Waals surface area contributed by atoms with Crippen molar-refractivity contribution in [3.05, 3.63) is 35.4 Å². The summed E-state index contributed by atoms with van der Waals surface area (Å²) in [5.41, 5.74) is 2.18. The van der Waals surface area contributed by atoms with Crippen LogP contribution in [0.2, 0.25) is 0 Å². The van der Waals surface area contributed by atoms with Crippen LogP contribution in [0, 0.1) is 12.3 Å². The van der Waals surface area contributed by atoms with Gasteiger partial charge in [0.05, 0.1) is 0 Å². The highest BCUT2D eigenvalue weighted by Crippen LogP contribution is 2.02. The Hall–Kier alpha value is -1.75. The van der Waals surface area contributed by atoms with E-state index < -0.39 is 0 Å². The molecule has 0 atom stereocenters. The van der Waals surface area contributed by atoms with Crippen LogP contribution in [-0.4, -0.2) is 12.8 Å². The molecule has 2 nitrogen and oxygen atoms in total. The number of rotatable bonds is 4. The van der Waals surface area contributed by atoms with E-state index in [1.807, 2.05) is 24.3 Å². The third-order valence-electron chi connectivity index (χ3n) is 1.75. The van der Waals surface area contributed by atoms with Crippen molar-refractivity contribution in [2.75, 3.05) is 6.61 Å². The largest absolute Gasteiger partial charge is 0.382 e. The number of hydrogen-bond donors (Lipinski definition) is 0. The molecule has 0 saturated heterocycles. The third-order valence-corrected chi connectivity index (χ3v) is 1.75. The quantitative estimate of drug-likeness (QED) is 0.305. The molecule has 0 aliphatic carbocycles. The minimum atomic E-state index is 0.181. The number of nitrogens with zero attached hydrogens (tertiary/aromatic N) is 1. The van der Waals surface area contributed by atoms with E-state index in [0.717, 1.165) is 12.0 Å². The predicted molar refractivity (Wildman–Crippen MR) is 57.1 cm³/mol. The van der Waals surface area contributed by atoms with Gasteiger partial charge in [-0.15, -0.1) is 6.42 Å². The summed E-state index contributed by atoms with van der Waals surface area (Å²) in [6.45, 7) is 2.29. The fourth-order valence-corrected chi connectivity index (χ4v) is 0.970. The first-order valence-corrected chi connectivity index (χ1v) is 4.47. The summed E-state index contributed by atoms with van der Waals surface area (Å²) in [6.07, 6.45) is 8.75. The zero-order valence-electron chi connectivity index (χ0n) is 8.16. The van der Waals surface area contributed by atoms with Crippen molar-refractivity contribution >= 4 is 6.21 Å². The van der Waals surface area contributed by atoms with E-state index in [-0.39, 0.29) is 6.61 Å². The van der Waals surface area contributed by atoms with E-state index in [0.29, 0.717) is 0 Å². The molecule has 0 heterocycles. The number of hydrogen-bond acceptors (Lipinski definition) is 2. The maximum Gasteiger partial charge on any atom is 0.177 e. The normalized spacial score (nSPS) is 10.0. The van der Waals surface area contributed by atoms with Crippen molar-refractivity contribution in [3.8, 4) is 12.3 Å². The van der Waals surface area contributed by atoms with Crippen LogP contribution in [0.25, 0.3) is 0 Å². The van der Waals surface area contributed by atoms with Gasteiger partial charge in [-0.2, -0.15) is 0 Å². The van der Waals surface area contributed by atoms with E-state index in [2.05, 4.69) is 24.2 Å². The first kappa shape index (κ1) is 10.3. The molecule has 1 rings (SSSR count). The smallest absolute Gasteiger partial charge is 0.177 e. The summed E-state index contributed by atoms with van der Waals surface area (Å²) in [5.74, 6) is 2.32. The molecule has 0 bridgehead atoms. The number of benzene rings is 1. The molecule has 0 aromatic heterocycles. The second-order valence-electron chi connectivity index (χ2n) is 2.73. The lowest BCUT2D eigenvalue weighted by Gasteiger charge is -1.95. The molecule has 1 aromatic rings. The lowest BCUT2D eigenvalue weighted by atomic mass is 10.1. The first-order chi connectivity index (χ1) is 6.86. The maximum atomic E-state index is 4.98. The molecular formula is C12H12NO. The highest BCUT2D eigenvalue weighted by Gasteiger charge is 1.90. The summed E-state index contributed by atoms with van der Waals surface area (Å²) in [6, 6.07) is 7.97. The summed E-state index contributed by atoms with van der Waals surface area (Å²) in [5, 5.41) is 3.59. The molecule has 1 aromatic carbocycles. The topological polar surface area (TPSA) is 21.6 Å². The Morgan fingerprint density at radius 3 is 2.64 bits per heavy atom. The molecule has 14 heavy (non-hydrogen) atoms. The minimum Gasteiger partial charge on any atom is -0.382 e. The Labute approximate surface area is 84.6 Å². The van der Waals surface area contributed by atoms with Gasteiger partial charge in [0.15, 0.2) is 6.61 Å². The molecule has 0 N–H and O–H groups in total. The van der Waals surface area contributed by atoms with Crippen LogP contribution >= 0.6 is 0 Å². The number of aryl methyl sites for hydroxylation is 1. The molecule has 0 aliphatic heterocycles. The second kappa shape index (κ2) is 5.82.